The van der Waals surface area contributed by atoms with Crippen LogP contribution in [0.2, 0.25) is 0 Å². The topological polar surface area (TPSA) is 127 Å². The molecule has 1 aromatic carbocycles. The Morgan fingerprint density at radius 1 is 1.23 bits per heavy atom. The largest absolute Gasteiger partial charge is 0.371 e. The number of aromatic nitrogens is 3. The Labute approximate surface area is 231 Å². The molecule has 0 aliphatic carbocycles. The van der Waals surface area contributed by atoms with E-state index in [1.165, 1.54) is 4.88 Å². The van der Waals surface area contributed by atoms with Crippen LogP contribution in [0.25, 0.3) is 21.1 Å². The molecule has 202 valence electrons. The number of rotatable bonds is 6. The fourth-order valence-electron chi connectivity index (χ4n) is 5.81. The number of nitrogens with zero attached hydrogens (tertiary/aromatic N) is 6. The number of piperazine rings is 1. The molecule has 3 aromatic heterocycles. The van der Waals surface area contributed by atoms with Crippen molar-refractivity contribution in [3.8, 4) is 6.07 Å². The van der Waals surface area contributed by atoms with Gasteiger partial charge in [-0.1, -0.05) is 0 Å². The van der Waals surface area contributed by atoms with Crippen molar-refractivity contribution in [2.45, 2.75) is 31.7 Å². The second-order valence-electron chi connectivity index (χ2n) is 10.7. The van der Waals surface area contributed by atoms with Gasteiger partial charge in [-0.25, -0.2) is 9.97 Å². The molecular formula is C28H32N8O2S. The third-order valence-electron chi connectivity index (χ3n) is 8.14. The first kappa shape index (κ1) is 25.9. The Bertz CT molecular complexity index is 1510. The van der Waals surface area contributed by atoms with Gasteiger partial charge in [0, 0.05) is 67.4 Å². The molecule has 2 unspecified atom stereocenters. The van der Waals surface area contributed by atoms with Crippen molar-refractivity contribution < 1.29 is 9.53 Å². The van der Waals surface area contributed by atoms with Gasteiger partial charge in [0.2, 0.25) is 5.91 Å². The van der Waals surface area contributed by atoms with Gasteiger partial charge in [-0.3, -0.25) is 19.5 Å². The third kappa shape index (κ3) is 4.79. The van der Waals surface area contributed by atoms with E-state index in [0.717, 1.165) is 59.4 Å². The predicted octanol–water partition coefficient (Wildman–Crippen LogP) is 3.00. The van der Waals surface area contributed by atoms with E-state index >= 15 is 0 Å². The second kappa shape index (κ2) is 10.3. The van der Waals surface area contributed by atoms with E-state index in [1.807, 2.05) is 38.4 Å². The highest BCUT2D eigenvalue weighted by molar-refractivity contribution is 7.19. The number of carbonyl (C=O) groups excluding carboxylic acids is 1. The maximum absolute atomic E-state index is 12.1. The highest BCUT2D eigenvalue weighted by Crippen LogP contribution is 2.38. The van der Waals surface area contributed by atoms with Crippen LogP contribution < -0.4 is 5.73 Å². The highest BCUT2D eigenvalue weighted by Gasteiger charge is 2.39. The molecule has 5 heterocycles. The van der Waals surface area contributed by atoms with Crippen molar-refractivity contribution in [2.75, 3.05) is 45.9 Å². The van der Waals surface area contributed by atoms with Crippen molar-refractivity contribution in [2.24, 2.45) is 5.73 Å². The molecule has 2 fully saturated rings. The Kier molecular flexibility index (Phi) is 6.82. The van der Waals surface area contributed by atoms with Gasteiger partial charge in [0.05, 0.1) is 46.3 Å². The second-order valence-corrected chi connectivity index (χ2v) is 11.8. The van der Waals surface area contributed by atoms with Gasteiger partial charge in [-0.15, -0.1) is 11.3 Å². The van der Waals surface area contributed by atoms with E-state index in [0.29, 0.717) is 18.7 Å². The van der Waals surface area contributed by atoms with Crippen molar-refractivity contribution in [3.05, 3.63) is 59.0 Å². The van der Waals surface area contributed by atoms with Crippen LogP contribution in [0.1, 0.15) is 42.1 Å². The number of amides is 1. The zero-order valence-corrected chi connectivity index (χ0v) is 22.9. The number of hydrogen-bond acceptors (Lipinski definition) is 9. The average molecular weight is 545 g/mol. The molecule has 2 aliphatic heterocycles. The van der Waals surface area contributed by atoms with Gasteiger partial charge < -0.3 is 15.5 Å². The molecule has 1 amide bonds. The maximum atomic E-state index is 12.1. The first-order valence-electron chi connectivity index (χ1n) is 13.2. The standard InChI is InChI=1S/C28H32N8O2S/c1-28(2,27(30)37)36-7-5-34(6-8-36)26(24-13-22-25(39-24)15-31-17-33-22)35-9-10-38-23(16-35)20-11-18(14-29)12-21-19(20)3-4-32-21/h3-4,11-13,15,17,23,26,32H,5-10,16H2,1-2H3,(H2,30,37). The summed E-state index contributed by atoms with van der Waals surface area (Å²) in [6, 6.07) is 10.4. The highest BCUT2D eigenvalue weighted by atomic mass is 32.1. The summed E-state index contributed by atoms with van der Waals surface area (Å²) < 4.78 is 7.39. The molecule has 2 aliphatic rings. The lowest BCUT2D eigenvalue weighted by atomic mass is 9.99. The molecule has 2 saturated heterocycles. The Hall–Kier alpha value is -3.40. The Balaban J connectivity index is 1.32. The van der Waals surface area contributed by atoms with E-state index in [9.17, 15) is 10.1 Å². The number of primary amides is 1. The minimum atomic E-state index is -0.688. The van der Waals surface area contributed by atoms with Crippen LogP contribution in [-0.2, 0) is 9.53 Å². The smallest absolute Gasteiger partial charge is 0.237 e. The quantitative estimate of drug-likeness (QED) is 0.379. The lowest BCUT2D eigenvalue weighted by Gasteiger charge is -2.48. The van der Waals surface area contributed by atoms with E-state index < -0.39 is 5.54 Å². The van der Waals surface area contributed by atoms with Gasteiger partial charge in [-0.05, 0) is 43.7 Å². The molecule has 2 atom stereocenters. The van der Waals surface area contributed by atoms with E-state index in [2.05, 4.69) is 47.9 Å². The number of hydrogen-bond donors (Lipinski definition) is 2. The number of morpholine rings is 1. The van der Waals surface area contributed by atoms with Crippen LogP contribution in [0.4, 0.5) is 0 Å². The number of nitriles is 1. The summed E-state index contributed by atoms with van der Waals surface area (Å²) in [5.74, 6) is -0.303. The first-order valence-corrected chi connectivity index (χ1v) is 14.0. The summed E-state index contributed by atoms with van der Waals surface area (Å²) in [4.78, 5) is 32.4. The molecule has 0 radical (unpaired) electrons. The number of benzene rings is 1. The summed E-state index contributed by atoms with van der Waals surface area (Å²) in [7, 11) is 0. The number of carbonyl (C=O) groups is 1. The van der Waals surface area contributed by atoms with E-state index in [4.69, 9.17) is 10.5 Å². The van der Waals surface area contributed by atoms with Crippen LogP contribution in [0.15, 0.2) is 43.0 Å². The summed E-state index contributed by atoms with van der Waals surface area (Å²) in [5, 5.41) is 10.7. The van der Waals surface area contributed by atoms with Gasteiger partial charge in [0.25, 0.3) is 0 Å². The number of nitrogens with one attached hydrogen (secondary N) is 1. The van der Waals surface area contributed by atoms with Crippen LogP contribution in [0.5, 0.6) is 0 Å². The number of fused-ring (bicyclic) bond motifs is 2. The molecule has 10 nitrogen and oxygen atoms in total. The first-order chi connectivity index (χ1) is 18.8. The van der Waals surface area contributed by atoms with Crippen LogP contribution in [-0.4, -0.2) is 87.0 Å². The maximum Gasteiger partial charge on any atom is 0.237 e. The Morgan fingerprint density at radius 2 is 2.05 bits per heavy atom. The zero-order chi connectivity index (χ0) is 27.1. The number of aromatic amines is 1. The monoisotopic (exact) mass is 544 g/mol. The molecule has 39 heavy (non-hydrogen) atoms. The van der Waals surface area contributed by atoms with Gasteiger partial charge >= 0.3 is 0 Å². The number of ether oxygens (including phenoxy) is 1. The Morgan fingerprint density at radius 3 is 2.79 bits per heavy atom. The lowest BCUT2D eigenvalue weighted by molar-refractivity contribution is -0.131. The lowest BCUT2D eigenvalue weighted by Crippen LogP contribution is -2.61. The summed E-state index contributed by atoms with van der Waals surface area (Å²) in [5.41, 5.74) is 8.57. The molecule has 0 bridgehead atoms. The number of nitrogens with two attached hydrogens (primary N) is 1. The molecule has 11 heteroatoms. The van der Waals surface area contributed by atoms with Crippen LogP contribution in [0.3, 0.4) is 0 Å². The fourth-order valence-corrected chi connectivity index (χ4v) is 6.97. The van der Waals surface area contributed by atoms with Gasteiger partial charge in [-0.2, -0.15) is 5.26 Å². The van der Waals surface area contributed by atoms with Crippen LogP contribution in [0, 0.1) is 11.3 Å². The molecule has 0 saturated carbocycles. The van der Waals surface area contributed by atoms with Gasteiger partial charge in [0.1, 0.15) is 6.33 Å². The fraction of sp³-hybridized carbons (Fsp3) is 0.429. The molecular weight excluding hydrogens is 512 g/mol. The van der Waals surface area contributed by atoms with Crippen molar-refractivity contribution >= 4 is 38.4 Å². The third-order valence-corrected chi connectivity index (χ3v) is 9.24. The summed E-state index contributed by atoms with van der Waals surface area (Å²) in [6.07, 6.45) is 5.23. The van der Waals surface area contributed by atoms with E-state index in [-0.39, 0.29) is 18.2 Å². The normalized spacial score (nSPS) is 20.8. The summed E-state index contributed by atoms with van der Waals surface area (Å²) in [6.45, 7) is 8.95. The minimum Gasteiger partial charge on any atom is -0.371 e. The van der Waals surface area contributed by atoms with Crippen LogP contribution >= 0.6 is 11.3 Å². The van der Waals surface area contributed by atoms with Crippen molar-refractivity contribution in [3.63, 3.8) is 0 Å². The minimum absolute atomic E-state index is 0.0234. The molecule has 4 aromatic rings. The SMILES string of the molecule is CC(C)(C(N)=O)N1CCN(C(c2cc3ncncc3s2)N2CCOC(c3cc(C#N)cc4[nH]ccc34)C2)CC1. The van der Waals surface area contributed by atoms with Crippen molar-refractivity contribution in [1.82, 2.24) is 29.7 Å². The predicted molar refractivity (Wildman–Crippen MR) is 150 cm³/mol. The van der Waals surface area contributed by atoms with Crippen molar-refractivity contribution in [1.29, 1.82) is 5.26 Å². The number of thiophene rings is 1. The zero-order valence-electron chi connectivity index (χ0n) is 22.1. The van der Waals surface area contributed by atoms with Gasteiger partial charge in [0.15, 0.2) is 0 Å². The molecule has 3 N–H and O–H groups in total. The molecule has 0 spiro atoms. The summed E-state index contributed by atoms with van der Waals surface area (Å²) >= 11 is 1.73. The molecule has 6 rings (SSSR count). The number of H-pyrrole nitrogens is 1. The average Bonchev–Trinajstić information content (AvgIpc) is 3.60. The van der Waals surface area contributed by atoms with E-state index in [1.54, 1.807) is 17.7 Å².